The third kappa shape index (κ3) is 4.11. The normalized spacial score (nSPS) is 15.1. The van der Waals surface area contributed by atoms with Crippen LogP contribution in [0.5, 0.6) is 11.5 Å². The monoisotopic (exact) mass is 513 g/mol. The summed E-state index contributed by atoms with van der Waals surface area (Å²) >= 11 is 12.3. The number of benzene rings is 2. The maximum absolute atomic E-state index is 13.3. The van der Waals surface area contributed by atoms with E-state index in [4.69, 9.17) is 32.7 Å². The molecule has 11 heteroatoms. The number of amides is 1. The zero-order chi connectivity index (χ0) is 24.7. The van der Waals surface area contributed by atoms with E-state index in [2.05, 4.69) is 21.9 Å². The maximum atomic E-state index is 13.3. The molecular formula is C24H21Cl2N5O4. The van der Waals surface area contributed by atoms with Crippen molar-refractivity contribution in [2.75, 3.05) is 25.5 Å². The second-order valence-corrected chi connectivity index (χ2v) is 8.89. The van der Waals surface area contributed by atoms with Crippen molar-refractivity contribution in [1.29, 1.82) is 0 Å². The van der Waals surface area contributed by atoms with Gasteiger partial charge in [-0.1, -0.05) is 29.8 Å². The summed E-state index contributed by atoms with van der Waals surface area (Å²) in [5.74, 6) is 1.07. The van der Waals surface area contributed by atoms with Gasteiger partial charge in [-0.15, -0.1) is 0 Å². The minimum atomic E-state index is -0.555. The number of rotatable bonds is 5. The molecule has 0 atom stereocenters. The number of halogens is 2. The van der Waals surface area contributed by atoms with Crippen molar-refractivity contribution in [3.05, 3.63) is 57.4 Å². The van der Waals surface area contributed by atoms with Crippen molar-refractivity contribution in [3.63, 3.8) is 0 Å². The van der Waals surface area contributed by atoms with Crippen molar-refractivity contribution in [1.82, 2.24) is 14.5 Å². The first-order valence-corrected chi connectivity index (χ1v) is 11.7. The molecule has 0 saturated carbocycles. The third-order valence-corrected chi connectivity index (χ3v) is 6.79. The number of nitrogens with zero attached hydrogens (tertiary/aromatic N) is 4. The third-order valence-electron chi connectivity index (χ3n) is 6.06. The lowest BCUT2D eigenvalue weighted by Crippen LogP contribution is -2.41. The van der Waals surface area contributed by atoms with Crippen molar-refractivity contribution < 1.29 is 14.3 Å². The predicted molar refractivity (Wildman–Crippen MR) is 136 cm³/mol. The second kappa shape index (κ2) is 9.24. The van der Waals surface area contributed by atoms with Gasteiger partial charge in [0.2, 0.25) is 5.91 Å². The molecule has 0 spiro atoms. The number of piperidine rings is 1. The highest BCUT2D eigenvalue weighted by molar-refractivity contribution is 6.42. The molecule has 35 heavy (non-hydrogen) atoms. The van der Waals surface area contributed by atoms with Crippen LogP contribution in [0.15, 0.2) is 46.7 Å². The lowest BCUT2D eigenvalue weighted by molar-refractivity contribution is -0.127. The molecular weight excluding hydrogens is 493 g/mol. The highest BCUT2D eigenvalue weighted by Crippen LogP contribution is 2.45. The number of nitrogens with one attached hydrogen (secondary N) is 1. The average Bonchev–Trinajstić information content (AvgIpc) is 2.87. The number of carbonyl (C=O) groups excluding carboxylic acids is 1. The molecule has 2 aliphatic rings. The largest absolute Gasteiger partial charge is 0.493 e. The molecule has 0 radical (unpaired) electrons. The molecule has 3 aromatic rings. The maximum Gasteiger partial charge on any atom is 0.354 e. The van der Waals surface area contributed by atoms with Gasteiger partial charge in [-0.3, -0.25) is 4.79 Å². The molecule has 0 unspecified atom stereocenters. The van der Waals surface area contributed by atoms with Gasteiger partial charge in [0.1, 0.15) is 11.6 Å². The summed E-state index contributed by atoms with van der Waals surface area (Å²) in [5.41, 5.74) is 0.934. The summed E-state index contributed by atoms with van der Waals surface area (Å²) in [6.07, 6.45) is 3.86. The molecule has 1 saturated heterocycles. The number of carbonyl (C=O) groups is 1. The number of hydrogen-bond acceptors (Lipinski definition) is 7. The molecule has 1 fully saturated rings. The van der Waals surface area contributed by atoms with E-state index in [0.29, 0.717) is 75.6 Å². The molecule has 5 rings (SSSR count). The Hall–Kier alpha value is -3.56. The zero-order valence-corrected chi connectivity index (χ0v) is 20.3. The van der Waals surface area contributed by atoms with E-state index in [-0.39, 0.29) is 12.0 Å². The number of ether oxygens (including phenoxy) is 2. The van der Waals surface area contributed by atoms with Crippen LogP contribution in [-0.4, -0.2) is 53.0 Å². The van der Waals surface area contributed by atoms with Crippen LogP contribution >= 0.6 is 23.2 Å². The van der Waals surface area contributed by atoms with Crippen LogP contribution in [0.3, 0.4) is 0 Å². The van der Waals surface area contributed by atoms with Gasteiger partial charge >= 0.3 is 5.69 Å². The van der Waals surface area contributed by atoms with E-state index in [0.717, 1.165) is 0 Å². The Morgan fingerprint density at radius 2 is 2.00 bits per heavy atom. The van der Waals surface area contributed by atoms with E-state index in [1.165, 1.54) is 24.1 Å². The Labute approximate surface area is 210 Å². The molecule has 2 aliphatic heterocycles. The lowest BCUT2D eigenvalue weighted by atomic mass is 10.1. The van der Waals surface area contributed by atoms with Crippen LogP contribution in [0, 0.1) is 0 Å². The smallest absolute Gasteiger partial charge is 0.354 e. The standard InChI is InChI=1S/C24H21Cl2N5O4/c1-3-19(32)30-8-6-14(7-9-30)35-22-18(34-2)11-17-20-21(22)29-24(33)31(23(20)28-12-27-17)13-4-5-15(25)16(26)10-13/h3-5,10-12,14H,1,6-9H2,2H3,(H,27,28). The summed E-state index contributed by atoms with van der Waals surface area (Å²) in [6, 6.07) is 6.66. The summed E-state index contributed by atoms with van der Waals surface area (Å²) < 4.78 is 13.3. The van der Waals surface area contributed by atoms with Crippen molar-refractivity contribution in [2.24, 2.45) is 4.99 Å². The summed E-state index contributed by atoms with van der Waals surface area (Å²) in [5, 5.41) is 4.38. The summed E-state index contributed by atoms with van der Waals surface area (Å²) in [4.78, 5) is 35.7. The van der Waals surface area contributed by atoms with Crippen LogP contribution in [0.25, 0.3) is 16.6 Å². The SMILES string of the molecule is C=CC(=O)N1CCC(Oc2c(OC)cc3c4c(n(-c5ccc(Cl)c(Cl)c5)c(=O)nc24)N=CN3)CC1. The minimum Gasteiger partial charge on any atom is -0.493 e. The quantitative estimate of drug-likeness (QED) is 0.509. The van der Waals surface area contributed by atoms with Crippen molar-refractivity contribution in [3.8, 4) is 17.2 Å². The summed E-state index contributed by atoms with van der Waals surface area (Å²) in [6.45, 7) is 4.63. The number of methoxy groups -OCH3 is 1. The van der Waals surface area contributed by atoms with Gasteiger partial charge < -0.3 is 19.7 Å². The van der Waals surface area contributed by atoms with Crippen LogP contribution in [0.1, 0.15) is 12.8 Å². The molecule has 180 valence electrons. The van der Waals surface area contributed by atoms with Gasteiger partial charge in [0.05, 0.1) is 40.3 Å². The highest BCUT2D eigenvalue weighted by atomic mass is 35.5. The predicted octanol–water partition coefficient (Wildman–Crippen LogP) is 4.34. The van der Waals surface area contributed by atoms with Crippen LogP contribution in [0.4, 0.5) is 11.5 Å². The Morgan fingerprint density at radius 3 is 2.69 bits per heavy atom. The number of aliphatic imine (C=N–C) groups is 1. The molecule has 1 amide bonds. The van der Waals surface area contributed by atoms with Crippen LogP contribution < -0.4 is 20.5 Å². The lowest BCUT2D eigenvalue weighted by Gasteiger charge is -2.32. The summed E-state index contributed by atoms with van der Waals surface area (Å²) in [7, 11) is 1.53. The molecule has 9 nitrogen and oxygen atoms in total. The molecule has 1 N–H and O–H groups in total. The van der Waals surface area contributed by atoms with E-state index in [1.54, 1.807) is 29.2 Å². The minimum absolute atomic E-state index is 0.101. The van der Waals surface area contributed by atoms with E-state index in [9.17, 15) is 9.59 Å². The Kier molecular flexibility index (Phi) is 6.12. The van der Waals surface area contributed by atoms with Gasteiger partial charge in [-0.05, 0) is 24.3 Å². The molecule has 3 heterocycles. The Bertz CT molecular complexity index is 1440. The molecule has 1 aromatic heterocycles. The van der Waals surface area contributed by atoms with Crippen LogP contribution in [0.2, 0.25) is 10.0 Å². The van der Waals surface area contributed by atoms with Crippen molar-refractivity contribution >= 4 is 57.9 Å². The highest BCUT2D eigenvalue weighted by Gasteiger charge is 2.28. The van der Waals surface area contributed by atoms with Gasteiger partial charge in [0.25, 0.3) is 0 Å². The van der Waals surface area contributed by atoms with Gasteiger partial charge in [0.15, 0.2) is 17.3 Å². The van der Waals surface area contributed by atoms with Gasteiger partial charge in [-0.2, -0.15) is 4.98 Å². The number of likely N-dealkylation sites (tertiary alicyclic amines) is 1. The molecule has 2 aromatic carbocycles. The molecule has 0 aliphatic carbocycles. The zero-order valence-electron chi connectivity index (χ0n) is 18.8. The second-order valence-electron chi connectivity index (χ2n) is 8.08. The number of aromatic nitrogens is 2. The van der Waals surface area contributed by atoms with E-state index >= 15 is 0 Å². The number of anilines is 1. The Balaban J connectivity index is 1.62. The molecule has 0 bridgehead atoms. The van der Waals surface area contributed by atoms with Crippen LogP contribution in [-0.2, 0) is 4.79 Å². The number of hydrogen-bond donors (Lipinski definition) is 1. The fraction of sp³-hybridized carbons (Fsp3) is 0.250. The van der Waals surface area contributed by atoms with E-state index in [1.807, 2.05) is 0 Å². The average molecular weight is 514 g/mol. The topological polar surface area (TPSA) is 98.0 Å². The Morgan fingerprint density at radius 1 is 1.23 bits per heavy atom. The first-order valence-electron chi connectivity index (χ1n) is 10.9. The first kappa shape index (κ1) is 23.2. The van der Waals surface area contributed by atoms with Gasteiger partial charge in [-0.25, -0.2) is 14.4 Å². The van der Waals surface area contributed by atoms with Gasteiger partial charge in [0, 0.05) is 32.0 Å². The first-order chi connectivity index (χ1) is 16.9. The van der Waals surface area contributed by atoms with Crippen molar-refractivity contribution in [2.45, 2.75) is 18.9 Å². The fourth-order valence-electron chi connectivity index (χ4n) is 4.32. The van der Waals surface area contributed by atoms with E-state index < -0.39 is 5.69 Å². The fourth-order valence-corrected chi connectivity index (χ4v) is 4.61.